The van der Waals surface area contributed by atoms with Crippen molar-refractivity contribution in [1.29, 1.82) is 0 Å². The van der Waals surface area contributed by atoms with Crippen LogP contribution in [0.2, 0.25) is 0 Å². The second-order valence-electron chi connectivity index (χ2n) is 5.53. The fourth-order valence-corrected chi connectivity index (χ4v) is 4.20. The van der Waals surface area contributed by atoms with Crippen LogP contribution in [0.3, 0.4) is 0 Å². The molecule has 1 aliphatic carbocycles. The smallest absolute Gasteiger partial charge is 0.240 e. The number of hydrogen-bond acceptors (Lipinski definition) is 4. The zero-order valence-electron chi connectivity index (χ0n) is 11.8. The Kier molecular flexibility index (Phi) is 4.44. The summed E-state index contributed by atoms with van der Waals surface area (Å²) in [6, 6.07) is 2.23. The number of benzene rings is 1. The molecule has 2 aliphatic rings. The number of hydrogen-bond donors (Lipinski definition) is 1. The van der Waals surface area contributed by atoms with Crippen LogP contribution in [0.1, 0.15) is 19.3 Å². The topological polar surface area (TPSA) is 64.6 Å². The van der Waals surface area contributed by atoms with Gasteiger partial charge in [-0.2, -0.15) is 0 Å². The van der Waals surface area contributed by atoms with Crippen LogP contribution in [0, 0.1) is 11.6 Å². The van der Waals surface area contributed by atoms with Crippen molar-refractivity contribution in [3.63, 3.8) is 0 Å². The van der Waals surface area contributed by atoms with Crippen LogP contribution in [-0.4, -0.2) is 39.9 Å². The summed E-state index contributed by atoms with van der Waals surface area (Å²) in [6.07, 6.45) is 1.72. The highest BCUT2D eigenvalue weighted by Crippen LogP contribution is 2.27. The SMILES string of the molecule is O=S(=O)(N[C@@H]1CC[C@@H]2OCCO[C@H]2C1)c1ccc(F)c(F)c1. The van der Waals surface area contributed by atoms with Crippen LogP contribution >= 0.6 is 0 Å². The van der Waals surface area contributed by atoms with E-state index in [0.29, 0.717) is 38.5 Å². The Balaban J connectivity index is 1.70. The third kappa shape index (κ3) is 3.29. The molecule has 2 fully saturated rings. The summed E-state index contributed by atoms with van der Waals surface area (Å²) in [5.41, 5.74) is 0. The molecule has 0 unspecified atom stereocenters. The normalized spacial score (nSPS) is 29.1. The monoisotopic (exact) mass is 333 g/mol. The molecule has 22 heavy (non-hydrogen) atoms. The predicted octanol–water partition coefficient (Wildman–Crippen LogP) is 1.58. The van der Waals surface area contributed by atoms with Gasteiger partial charge < -0.3 is 9.47 Å². The summed E-state index contributed by atoms with van der Waals surface area (Å²) >= 11 is 0. The fraction of sp³-hybridized carbons (Fsp3) is 0.571. The van der Waals surface area contributed by atoms with E-state index >= 15 is 0 Å². The molecule has 1 saturated carbocycles. The fourth-order valence-electron chi connectivity index (χ4n) is 2.90. The van der Waals surface area contributed by atoms with Crippen LogP contribution in [0.25, 0.3) is 0 Å². The molecule has 0 spiro atoms. The van der Waals surface area contributed by atoms with Gasteiger partial charge in [0.1, 0.15) is 0 Å². The largest absolute Gasteiger partial charge is 0.373 e. The second-order valence-corrected chi connectivity index (χ2v) is 7.24. The Morgan fingerprint density at radius 3 is 2.50 bits per heavy atom. The van der Waals surface area contributed by atoms with Crippen molar-refractivity contribution in [1.82, 2.24) is 4.72 Å². The third-order valence-corrected chi connectivity index (χ3v) is 5.52. The molecule has 1 heterocycles. The van der Waals surface area contributed by atoms with E-state index in [9.17, 15) is 17.2 Å². The summed E-state index contributed by atoms with van der Waals surface area (Å²) in [7, 11) is -3.89. The lowest BCUT2D eigenvalue weighted by molar-refractivity contribution is -0.156. The number of fused-ring (bicyclic) bond motifs is 1. The van der Waals surface area contributed by atoms with Gasteiger partial charge >= 0.3 is 0 Å². The molecule has 0 amide bonds. The molecule has 1 saturated heterocycles. The Morgan fingerprint density at radius 1 is 1.05 bits per heavy atom. The number of nitrogens with one attached hydrogen (secondary N) is 1. The van der Waals surface area contributed by atoms with E-state index < -0.39 is 21.7 Å². The van der Waals surface area contributed by atoms with Crippen molar-refractivity contribution in [3.05, 3.63) is 29.8 Å². The van der Waals surface area contributed by atoms with Crippen LogP contribution < -0.4 is 4.72 Å². The van der Waals surface area contributed by atoms with Gasteiger partial charge in [0.25, 0.3) is 0 Å². The van der Waals surface area contributed by atoms with Gasteiger partial charge in [-0.05, 0) is 37.5 Å². The quantitative estimate of drug-likeness (QED) is 0.912. The van der Waals surface area contributed by atoms with Crippen molar-refractivity contribution < 1.29 is 26.7 Å². The van der Waals surface area contributed by atoms with Crippen molar-refractivity contribution in [3.8, 4) is 0 Å². The Hall–Kier alpha value is -1.09. The number of ether oxygens (including phenoxy) is 2. The van der Waals surface area contributed by atoms with Crippen LogP contribution in [0.4, 0.5) is 8.78 Å². The van der Waals surface area contributed by atoms with Gasteiger partial charge in [-0.25, -0.2) is 21.9 Å². The first-order valence-corrected chi connectivity index (χ1v) is 8.64. The second kappa shape index (κ2) is 6.19. The molecule has 3 atom stereocenters. The zero-order valence-corrected chi connectivity index (χ0v) is 12.6. The first-order chi connectivity index (χ1) is 10.5. The van der Waals surface area contributed by atoms with Crippen molar-refractivity contribution in [2.24, 2.45) is 0 Å². The summed E-state index contributed by atoms with van der Waals surface area (Å²) in [5, 5.41) is 0. The van der Waals surface area contributed by atoms with E-state index in [0.717, 1.165) is 12.1 Å². The molecule has 0 radical (unpaired) electrons. The Labute approximate surface area is 127 Å². The minimum atomic E-state index is -3.89. The molecule has 1 aromatic carbocycles. The summed E-state index contributed by atoms with van der Waals surface area (Å²) in [6.45, 7) is 1.07. The number of rotatable bonds is 3. The molecule has 5 nitrogen and oxygen atoms in total. The highest BCUT2D eigenvalue weighted by atomic mass is 32.2. The lowest BCUT2D eigenvalue weighted by atomic mass is 9.90. The van der Waals surface area contributed by atoms with E-state index in [4.69, 9.17) is 9.47 Å². The average Bonchev–Trinajstić information content (AvgIpc) is 2.49. The van der Waals surface area contributed by atoms with Gasteiger partial charge in [0, 0.05) is 6.04 Å². The molecule has 1 aliphatic heterocycles. The minimum Gasteiger partial charge on any atom is -0.373 e. The molecule has 1 N–H and O–H groups in total. The predicted molar refractivity (Wildman–Crippen MR) is 73.8 cm³/mol. The van der Waals surface area contributed by atoms with Gasteiger partial charge in [-0.1, -0.05) is 0 Å². The third-order valence-electron chi connectivity index (χ3n) is 4.00. The minimum absolute atomic E-state index is 0.0118. The Bertz CT molecular complexity index is 652. The maximum atomic E-state index is 13.2. The van der Waals surface area contributed by atoms with Crippen LogP contribution in [0.5, 0.6) is 0 Å². The van der Waals surface area contributed by atoms with Gasteiger partial charge in [0.2, 0.25) is 10.0 Å². The van der Waals surface area contributed by atoms with E-state index in [1.54, 1.807) is 0 Å². The van der Waals surface area contributed by atoms with Crippen LogP contribution in [-0.2, 0) is 19.5 Å². The first kappa shape index (κ1) is 15.8. The van der Waals surface area contributed by atoms with E-state index in [-0.39, 0.29) is 23.1 Å². The van der Waals surface area contributed by atoms with Gasteiger partial charge in [-0.15, -0.1) is 0 Å². The molecule has 8 heteroatoms. The molecule has 1 aromatic rings. The summed E-state index contributed by atoms with van der Waals surface area (Å²) in [5.74, 6) is -2.26. The maximum absolute atomic E-state index is 13.2. The van der Waals surface area contributed by atoms with Gasteiger partial charge in [0.05, 0.1) is 30.3 Å². The van der Waals surface area contributed by atoms with Crippen molar-refractivity contribution in [2.45, 2.75) is 42.4 Å². The lowest BCUT2D eigenvalue weighted by Gasteiger charge is -2.38. The van der Waals surface area contributed by atoms with Gasteiger partial charge in [-0.3, -0.25) is 0 Å². The molecule has 122 valence electrons. The number of sulfonamides is 1. The van der Waals surface area contributed by atoms with Crippen molar-refractivity contribution >= 4 is 10.0 Å². The zero-order chi connectivity index (χ0) is 15.7. The summed E-state index contributed by atoms with van der Waals surface area (Å²) in [4.78, 5) is -0.283. The standard InChI is InChI=1S/C14H17F2NO4S/c15-11-3-2-10(8-12(11)16)22(18,19)17-9-1-4-13-14(7-9)21-6-5-20-13/h2-3,8-9,13-14,17H,1,4-7H2/t9-,13+,14+/m1/s1. The molecular weight excluding hydrogens is 316 g/mol. The van der Waals surface area contributed by atoms with E-state index in [1.807, 2.05) is 0 Å². The average molecular weight is 333 g/mol. The van der Waals surface area contributed by atoms with Crippen LogP contribution in [0.15, 0.2) is 23.1 Å². The van der Waals surface area contributed by atoms with E-state index in [2.05, 4.69) is 4.72 Å². The molecule has 0 aromatic heterocycles. The highest BCUT2D eigenvalue weighted by Gasteiger charge is 2.35. The highest BCUT2D eigenvalue weighted by molar-refractivity contribution is 7.89. The van der Waals surface area contributed by atoms with Crippen molar-refractivity contribution in [2.75, 3.05) is 13.2 Å². The molecular formula is C14H17F2NO4S. The summed E-state index contributed by atoms with van der Waals surface area (Å²) < 4.78 is 64.3. The molecule has 3 rings (SSSR count). The van der Waals surface area contributed by atoms with Gasteiger partial charge in [0.15, 0.2) is 11.6 Å². The molecule has 0 bridgehead atoms. The first-order valence-electron chi connectivity index (χ1n) is 7.16. The van der Waals surface area contributed by atoms with E-state index in [1.165, 1.54) is 0 Å². The number of halogens is 2. The lowest BCUT2D eigenvalue weighted by Crippen LogP contribution is -2.49. The Morgan fingerprint density at radius 2 is 1.77 bits per heavy atom. The maximum Gasteiger partial charge on any atom is 0.240 e.